The number of hydrazine groups is 1. The van der Waals surface area contributed by atoms with E-state index in [2.05, 4.69) is 10.9 Å². The van der Waals surface area contributed by atoms with Crippen LogP contribution in [-0.4, -0.2) is 30.9 Å². The fourth-order valence-corrected chi connectivity index (χ4v) is 2.71. The first-order chi connectivity index (χ1) is 12.6. The molecule has 0 bridgehead atoms. The molecular formula is C18H19N3O5. The lowest BCUT2D eigenvalue weighted by molar-refractivity contribution is -0.126. The summed E-state index contributed by atoms with van der Waals surface area (Å²) < 4.78 is 10.3. The van der Waals surface area contributed by atoms with Crippen molar-refractivity contribution in [3.63, 3.8) is 0 Å². The Hall–Kier alpha value is -3.29. The van der Waals surface area contributed by atoms with Gasteiger partial charge in [0.05, 0.1) is 18.8 Å². The standard InChI is InChI=1S/C18H19N3O5/c1-2-25-14-7-5-13(6-8-14)21-11-12(10-16(21)22)17(23)19-20-18(24)15-4-3-9-26-15/h3-9,12H,2,10-11H2,1H3,(H,19,23)(H,20,24)/t12-/m0/s1. The maximum Gasteiger partial charge on any atom is 0.305 e. The molecule has 1 atom stereocenters. The molecule has 0 unspecified atom stereocenters. The van der Waals surface area contributed by atoms with Gasteiger partial charge in [0.1, 0.15) is 5.75 Å². The van der Waals surface area contributed by atoms with Crippen molar-refractivity contribution in [3.05, 3.63) is 48.4 Å². The Kier molecular flexibility index (Phi) is 5.21. The maximum atomic E-state index is 12.2. The summed E-state index contributed by atoms with van der Waals surface area (Å²) in [5, 5.41) is 0. The second-order valence-corrected chi connectivity index (χ2v) is 5.75. The number of hydrogen-bond donors (Lipinski definition) is 2. The van der Waals surface area contributed by atoms with Crippen molar-refractivity contribution in [1.29, 1.82) is 0 Å². The van der Waals surface area contributed by atoms with Crippen molar-refractivity contribution >= 4 is 23.4 Å². The average Bonchev–Trinajstić information content (AvgIpc) is 3.30. The van der Waals surface area contributed by atoms with Crippen LogP contribution in [0, 0.1) is 5.92 Å². The summed E-state index contributed by atoms with van der Waals surface area (Å²) in [5.74, 6) is -0.873. The monoisotopic (exact) mass is 357 g/mol. The molecule has 136 valence electrons. The number of furan rings is 1. The smallest absolute Gasteiger partial charge is 0.305 e. The van der Waals surface area contributed by atoms with Gasteiger partial charge in [-0.15, -0.1) is 0 Å². The van der Waals surface area contributed by atoms with Crippen LogP contribution in [0.3, 0.4) is 0 Å². The predicted octanol–water partition coefficient (Wildman–Crippen LogP) is 1.49. The summed E-state index contributed by atoms with van der Waals surface area (Å²) in [6.45, 7) is 2.70. The summed E-state index contributed by atoms with van der Waals surface area (Å²) in [5.41, 5.74) is 5.31. The van der Waals surface area contributed by atoms with E-state index in [-0.39, 0.29) is 24.6 Å². The largest absolute Gasteiger partial charge is 0.494 e. The Bertz CT molecular complexity index is 786. The molecule has 1 fully saturated rings. The van der Waals surface area contributed by atoms with Crippen molar-refractivity contribution in [3.8, 4) is 5.75 Å². The van der Waals surface area contributed by atoms with Gasteiger partial charge < -0.3 is 14.1 Å². The number of benzene rings is 1. The van der Waals surface area contributed by atoms with Gasteiger partial charge in [-0.05, 0) is 43.3 Å². The van der Waals surface area contributed by atoms with Crippen LogP contribution in [0.5, 0.6) is 5.75 Å². The van der Waals surface area contributed by atoms with Crippen LogP contribution in [0.25, 0.3) is 0 Å². The van der Waals surface area contributed by atoms with E-state index in [1.165, 1.54) is 12.3 Å². The summed E-state index contributed by atoms with van der Waals surface area (Å²) >= 11 is 0. The van der Waals surface area contributed by atoms with Crippen molar-refractivity contribution in [2.75, 3.05) is 18.1 Å². The highest BCUT2D eigenvalue weighted by molar-refractivity contribution is 6.01. The van der Waals surface area contributed by atoms with E-state index in [0.29, 0.717) is 12.3 Å². The highest BCUT2D eigenvalue weighted by Gasteiger charge is 2.35. The van der Waals surface area contributed by atoms with Crippen LogP contribution < -0.4 is 20.5 Å². The zero-order chi connectivity index (χ0) is 18.5. The zero-order valence-electron chi connectivity index (χ0n) is 14.2. The molecule has 8 nitrogen and oxygen atoms in total. The molecule has 8 heteroatoms. The number of ether oxygens (including phenoxy) is 1. The van der Waals surface area contributed by atoms with Gasteiger partial charge in [0.25, 0.3) is 0 Å². The SMILES string of the molecule is CCOc1ccc(N2C[C@@H](C(=O)NNC(=O)c3ccco3)CC2=O)cc1. The van der Waals surface area contributed by atoms with Crippen LogP contribution in [0.4, 0.5) is 5.69 Å². The van der Waals surface area contributed by atoms with Crippen molar-refractivity contribution in [2.45, 2.75) is 13.3 Å². The van der Waals surface area contributed by atoms with E-state index in [0.717, 1.165) is 5.75 Å². The third-order valence-corrected chi connectivity index (χ3v) is 4.00. The first kappa shape index (κ1) is 17.5. The number of nitrogens with one attached hydrogen (secondary N) is 2. The van der Waals surface area contributed by atoms with E-state index < -0.39 is 17.7 Å². The molecule has 3 rings (SSSR count). The van der Waals surface area contributed by atoms with E-state index in [1.807, 2.05) is 6.92 Å². The van der Waals surface area contributed by atoms with Gasteiger partial charge in [0.2, 0.25) is 11.8 Å². The second kappa shape index (κ2) is 7.73. The first-order valence-corrected chi connectivity index (χ1v) is 8.25. The Morgan fingerprint density at radius 1 is 1.23 bits per heavy atom. The lowest BCUT2D eigenvalue weighted by Gasteiger charge is -2.17. The van der Waals surface area contributed by atoms with E-state index in [1.54, 1.807) is 35.2 Å². The molecule has 1 aromatic carbocycles. The number of carbonyl (C=O) groups excluding carboxylic acids is 3. The molecule has 1 aromatic heterocycles. The minimum absolute atomic E-state index is 0.0790. The van der Waals surface area contributed by atoms with Crippen LogP contribution in [0.2, 0.25) is 0 Å². The third kappa shape index (κ3) is 3.85. The molecule has 2 heterocycles. The predicted molar refractivity (Wildman–Crippen MR) is 92.4 cm³/mol. The Morgan fingerprint density at radius 2 is 2.00 bits per heavy atom. The maximum absolute atomic E-state index is 12.2. The highest BCUT2D eigenvalue weighted by Crippen LogP contribution is 2.26. The molecule has 0 spiro atoms. The summed E-state index contributed by atoms with van der Waals surface area (Å²) in [6, 6.07) is 10.2. The lowest BCUT2D eigenvalue weighted by Crippen LogP contribution is -2.45. The van der Waals surface area contributed by atoms with Gasteiger partial charge in [0, 0.05) is 18.7 Å². The number of carbonyl (C=O) groups is 3. The normalized spacial score (nSPS) is 16.4. The molecule has 0 aliphatic carbocycles. The molecule has 0 saturated carbocycles. The molecule has 3 amide bonds. The zero-order valence-corrected chi connectivity index (χ0v) is 14.2. The summed E-state index contributed by atoms with van der Waals surface area (Å²) in [7, 11) is 0. The molecule has 1 aliphatic heterocycles. The molecule has 2 N–H and O–H groups in total. The molecule has 1 aliphatic rings. The Morgan fingerprint density at radius 3 is 2.65 bits per heavy atom. The van der Waals surface area contributed by atoms with Crippen molar-refractivity contribution in [2.24, 2.45) is 5.92 Å². The fraction of sp³-hybridized carbons (Fsp3) is 0.278. The van der Waals surface area contributed by atoms with Gasteiger partial charge in [-0.25, -0.2) is 0 Å². The van der Waals surface area contributed by atoms with Crippen LogP contribution in [0.15, 0.2) is 47.1 Å². The summed E-state index contributed by atoms with van der Waals surface area (Å²) in [6.07, 6.45) is 1.44. The Labute approximate surface area is 150 Å². The van der Waals surface area contributed by atoms with E-state index in [4.69, 9.17) is 9.15 Å². The van der Waals surface area contributed by atoms with Crippen LogP contribution in [-0.2, 0) is 9.59 Å². The van der Waals surface area contributed by atoms with Gasteiger partial charge in [-0.1, -0.05) is 0 Å². The first-order valence-electron chi connectivity index (χ1n) is 8.25. The molecule has 26 heavy (non-hydrogen) atoms. The number of anilines is 1. The van der Waals surface area contributed by atoms with Gasteiger partial charge in [-0.3, -0.25) is 25.2 Å². The summed E-state index contributed by atoms with van der Waals surface area (Å²) in [4.78, 5) is 37.8. The number of amides is 3. The average molecular weight is 357 g/mol. The van der Waals surface area contributed by atoms with Gasteiger partial charge in [-0.2, -0.15) is 0 Å². The minimum atomic E-state index is -0.559. The number of hydrogen-bond acceptors (Lipinski definition) is 5. The highest BCUT2D eigenvalue weighted by atomic mass is 16.5. The van der Waals surface area contributed by atoms with Crippen LogP contribution >= 0.6 is 0 Å². The fourth-order valence-electron chi connectivity index (χ4n) is 2.71. The van der Waals surface area contributed by atoms with Crippen LogP contribution in [0.1, 0.15) is 23.9 Å². The number of nitrogens with zero attached hydrogens (tertiary/aromatic N) is 1. The van der Waals surface area contributed by atoms with Gasteiger partial charge in [0.15, 0.2) is 5.76 Å². The minimum Gasteiger partial charge on any atom is -0.494 e. The lowest BCUT2D eigenvalue weighted by atomic mass is 10.1. The molecular weight excluding hydrogens is 338 g/mol. The number of rotatable bonds is 5. The molecule has 0 radical (unpaired) electrons. The third-order valence-electron chi connectivity index (χ3n) is 4.00. The Balaban J connectivity index is 1.56. The van der Waals surface area contributed by atoms with E-state index in [9.17, 15) is 14.4 Å². The quantitative estimate of drug-likeness (QED) is 0.790. The molecule has 2 aromatic rings. The van der Waals surface area contributed by atoms with Gasteiger partial charge >= 0.3 is 5.91 Å². The second-order valence-electron chi connectivity index (χ2n) is 5.75. The topological polar surface area (TPSA) is 101 Å². The molecule has 1 saturated heterocycles. The van der Waals surface area contributed by atoms with Crippen molar-refractivity contribution in [1.82, 2.24) is 10.9 Å². The van der Waals surface area contributed by atoms with E-state index >= 15 is 0 Å². The van der Waals surface area contributed by atoms with Crippen molar-refractivity contribution < 1.29 is 23.5 Å².